The highest BCUT2D eigenvalue weighted by atomic mass is 15.4. The molecular formula is C11H18N6. The molecule has 0 saturated carbocycles. The van der Waals surface area contributed by atoms with Crippen LogP contribution in [0.25, 0.3) is 0 Å². The largest absolute Gasteiger partial charge is 0.311 e. The van der Waals surface area contributed by atoms with Gasteiger partial charge in [-0.1, -0.05) is 12.1 Å². The van der Waals surface area contributed by atoms with Crippen LogP contribution in [0.2, 0.25) is 0 Å². The Hall–Kier alpha value is -1.69. The predicted octanol–water partition coefficient (Wildman–Crippen LogP) is 0.364. The third kappa shape index (κ3) is 3.13. The first kappa shape index (κ1) is 11.8. The summed E-state index contributed by atoms with van der Waals surface area (Å²) in [6, 6.07) is 2.02. The van der Waals surface area contributed by atoms with Crippen molar-refractivity contribution in [3.05, 3.63) is 29.8 Å². The zero-order valence-corrected chi connectivity index (χ0v) is 10.3. The smallest absolute Gasteiger partial charge is 0.0964 e. The average Bonchev–Trinajstić information content (AvgIpc) is 2.93. The zero-order valence-electron chi connectivity index (χ0n) is 10.3. The lowest BCUT2D eigenvalue weighted by Gasteiger charge is -2.01. The molecule has 0 fully saturated rings. The van der Waals surface area contributed by atoms with E-state index in [1.54, 1.807) is 0 Å². The van der Waals surface area contributed by atoms with Crippen molar-refractivity contribution in [3.8, 4) is 0 Å². The molecule has 6 nitrogen and oxygen atoms in total. The minimum absolute atomic E-state index is 0.780. The molecule has 0 aliphatic carbocycles. The number of aromatic nitrogens is 5. The van der Waals surface area contributed by atoms with Gasteiger partial charge in [0, 0.05) is 44.6 Å². The predicted molar refractivity (Wildman–Crippen MR) is 64.3 cm³/mol. The summed E-state index contributed by atoms with van der Waals surface area (Å²) in [5, 5.41) is 15.6. The zero-order chi connectivity index (χ0) is 12.1. The first-order valence-electron chi connectivity index (χ1n) is 5.86. The molecule has 0 spiro atoms. The third-order valence-electron chi connectivity index (χ3n) is 2.66. The van der Waals surface area contributed by atoms with E-state index in [1.807, 2.05) is 34.9 Å². The first-order valence-corrected chi connectivity index (χ1v) is 5.86. The molecule has 92 valence electrons. The van der Waals surface area contributed by atoms with Gasteiger partial charge in [0.2, 0.25) is 0 Å². The molecule has 0 aromatic carbocycles. The van der Waals surface area contributed by atoms with E-state index in [4.69, 9.17) is 0 Å². The summed E-state index contributed by atoms with van der Waals surface area (Å²) in [7, 11) is 1.95. The Kier molecular flexibility index (Phi) is 3.87. The fourth-order valence-corrected chi connectivity index (χ4v) is 1.66. The molecule has 0 atom stereocenters. The van der Waals surface area contributed by atoms with Crippen molar-refractivity contribution in [2.75, 3.05) is 6.54 Å². The van der Waals surface area contributed by atoms with Gasteiger partial charge in [-0.2, -0.15) is 5.10 Å². The van der Waals surface area contributed by atoms with Crippen LogP contribution in [-0.4, -0.2) is 31.3 Å². The van der Waals surface area contributed by atoms with E-state index in [0.29, 0.717) is 0 Å². The van der Waals surface area contributed by atoms with Crippen molar-refractivity contribution in [2.45, 2.75) is 26.4 Å². The SMILES string of the molecule is CCNCc1cn(CCc2ccnn2C)nn1. The van der Waals surface area contributed by atoms with Crippen molar-refractivity contribution in [2.24, 2.45) is 7.05 Å². The van der Waals surface area contributed by atoms with Crippen molar-refractivity contribution in [1.29, 1.82) is 0 Å². The quantitative estimate of drug-likeness (QED) is 0.784. The fourth-order valence-electron chi connectivity index (χ4n) is 1.66. The van der Waals surface area contributed by atoms with Crippen LogP contribution in [0.5, 0.6) is 0 Å². The number of aryl methyl sites for hydroxylation is 3. The number of nitrogens with one attached hydrogen (secondary N) is 1. The highest BCUT2D eigenvalue weighted by Crippen LogP contribution is 2.00. The van der Waals surface area contributed by atoms with Crippen LogP contribution >= 0.6 is 0 Å². The van der Waals surface area contributed by atoms with E-state index >= 15 is 0 Å². The highest BCUT2D eigenvalue weighted by molar-refractivity contribution is 5.00. The van der Waals surface area contributed by atoms with E-state index in [0.717, 1.165) is 31.7 Å². The van der Waals surface area contributed by atoms with Crippen LogP contribution in [0.4, 0.5) is 0 Å². The topological polar surface area (TPSA) is 60.6 Å². The van der Waals surface area contributed by atoms with E-state index in [-0.39, 0.29) is 0 Å². The second kappa shape index (κ2) is 5.58. The Morgan fingerprint density at radius 1 is 1.41 bits per heavy atom. The molecule has 0 unspecified atom stereocenters. The van der Waals surface area contributed by atoms with Crippen LogP contribution in [0.15, 0.2) is 18.5 Å². The molecule has 17 heavy (non-hydrogen) atoms. The van der Waals surface area contributed by atoms with Gasteiger partial charge in [-0.15, -0.1) is 5.10 Å². The monoisotopic (exact) mass is 234 g/mol. The lowest BCUT2D eigenvalue weighted by molar-refractivity contribution is 0.567. The molecular weight excluding hydrogens is 216 g/mol. The summed E-state index contributed by atoms with van der Waals surface area (Å²) in [4.78, 5) is 0. The Bertz CT molecular complexity index is 458. The van der Waals surface area contributed by atoms with E-state index in [9.17, 15) is 0 Å². The molecule has 2 aromatic rings. The van der Waals surface area contributed by atoms with Gasteiger partial charge >= 0.3 is 0 Å². The van der Waals surface area contributed by atoms with Gasteiger partial charge in [0.05, 0.1) is 5.69 Å². The highest BCUT2D eigenvalue weighted by Gasteiger charge is 2.02. The second-order valence-corrected chi connectivity index (χ2v) is 3.95. The van der Waals surface area contributed by atoms with Gasteiger partial charge < -0.3 is 5.32 Å². The normalized spacial score (nSPS) is 10.9. The van der Waals surface area contributed by atoms with Crippen LogP contribution in [0.1, 0.15) is 18.3 Å². The molecule has 6 heteroatoms. The van der Waals surface area contributed by atoms with E-state index in [1.165, 1.54) is 5.69 Å². The van der Waals surface area contributed by atoms with Crippen LogP contribution in [0.3, 0.4) is 0 Å². The molecule has 0 amide bonds. The van der Waals surface area contributed by atoms with Gasteiger partial charge in [0.15, 0.2) is 0 Å². The second-order valence-electron chi connectivity index (χ2n) is 3.95. The Morgan fingerprint density at radius 3 is 3.00 bits per heavy atom. The summed E-state index contributed by atoms with van der Waals surface area (Å²) in [5.41, 5.74) is 2.19. The van der Waals surface area contributed by atoms with Gasteiger partial charge in [0.25, 0.3) is 0 Å². The number of nitrogens with zero attached hydrogens (tertiary/aromatic N) is 5. The molecule has 0 saturated heterocycles. The average molecular weight is 234 g/mol. The maximum Gasteiger partial charge on any atom is 0.0964 e. The molecule has 0 radical (unpaired) electrons. The van der Waals surface area contributed by atoms with Gasteiger partial charge in [-0.25, -0.2) is 0 Å². The number of hydrogen-bond donors (Lipinski definition) is 1. The summed E-state index contributed by atoms with van der Waals surface area (Å²) in [6.07, 6.45) is 4.72. The third-order valence-corrected chi connectivity index (χ3v) is 2.66. The number of hydrogen-bond acceptors (Lipinski definition) is 4. The number of rotatable bonds is 6. The Labute approximate surface area is 101 Å². The lowest BCUT2D eigenvalue weighted by atomic mass is 10.3. The van der Waals surface area contributed by atoms with Crippen molar-refractivity contribution in [1.82, 2.24) is 30.1 Å². The molecule has 0 bridgehead atoms. The van der Waals surface area contributed by atoms with Crippen LogP contribution < -0.4 is 5.32 Å². The van der Waals surface area contributed by atoms with Gasteiger partial charge in [0.1, 0.15) is 0 Å². The minimum Gasteiger partial charge on any atom is -0.311 e. The van der Waals surface area contributed by atoms with Crippen LogP contribution in [-0.2, 0) is 26.6 Å². The first-order chi connectivity index (χ1) is 8.29. The van der Waals surface area contributed by atoms with Gasteiger partial charge in [-0.3, -0.25) is 9.36 Å². The molecule has 2 rings (SSSR count). The molecule has 1 N–H and O–H groups in total. The van der Waals surface area contributed by atoms with Crippen molar-refractivity contribution < 1.29 is 0 Å². The molecule has 0 aliphatic rings. The summed E-state index contributed by atoms with van der Waals surface area (Å²) in [6.45, 7) is 4.63. The fraction of sp³-hybridized carbons (Fsp3) is 0.545. The van der Waals surface area contributed by atoms with Crippen LogP contribution in [0, 0.1) is 0 Å². The maximum atomic E-state index is 4.14. The van der Waals surface area contributed by atoms with Gasteiger partial charge in [-0.05, 0) is 12.6 Å². The van der Waals surface area contributed by atoms with Crippen molar-refractivity contribution >= 4 is 0 Å². The summed E-state index contributed by atoms with van der Waals surface area (Å²) < 4.78 is 3.76. The molecule has 0 aliphatic heterocycles. The summed E-state index contributed by atoms with van der Waals surface area (Å²) in [5.74, 6) is 0. The minimum atomic E-state index is 0.780. The van der Waals surface area contributed by atoms with E-state index in [2.05, 4.69) is 27.7 Å². The standard InChI is InChI=1S/C11H18N6/c1-3-12-8-10-9-17(15-14-10)7-5-11-4-6-13-16(11)2/h4,6,9,12H,3,5,7-8H2,1-2H3. The lowest BCUT2D eigenvalue weighted by Crippen LogP contribution is -2.11. The molecule has 2 heterocycles. The summed E-state index contributed by atoms with van der Waals surface area (Å²) >= 11 is 0. The van der Waals surface area contributed by atoms with E-state index < -0.39 is 0 Å². The maximum absolute atomic E-state index is 4.14. The Morgan fingerprint density at radius 2 is 2.29 bits per heavy atom. The van der Waals surface area contributed by atoms with Crippen molar-refractivity contribution in [3.63, 3.8) is 0 Å². The Balaban J connectivity index is 1.87. The molecule has 2 aromatic heterocycles.